The van der Waals surface area contributed by atoms with E-state index in [-0.39, 0.29) is 17.6 Å². The van der Waals surface area contributed by atoms with Crippen LogP contribution in [-0.2, 0) is 21.6 Å². The maximum Gasteiger partial charge on any atom is 0.259 e. The van der Waals surface area contributed by atoms with E-state index in [0.717, 1.165) is 62.8 Å². The van der Waals surface area contributed by atoms with Gasteiger partial charge < -0.3 is 24.0 Å². The summed E-state index contributed by atoms with van der Waals surface area (Å²) in [4.78, 5) is 15.8. The van der Waals surface area contributed by atoms with Gasteiger partial charge in [0.25, 0.3) is 5.91 Å². The molecule has 2 aromatic carbocycles. The fourth-order valence-electron chi connectivity index (χ4n) is 6.33. The van der Waals surface area contributed by atoms with Gasteiger partial charge in [0.2, 0.25) is 5.72 Å². The third-order valence-electron chi connectivity index (χ3n) is 8.92. The van der Waals surface area contributed by atoms with Gasteiger partial charge in [-0.15, -0.1) is 0 Å². The molecule has 1 heterocycles. The van der Waals surface area contributed by atoms with Gasteiger partial charge in [0.1, 0.15) is 5.75 Å². The minimum absolute atomic E-state index is 0.0294. The molecule has 1 amide bonds. The van der Waals surface area contributed by atoms with Gasteiger partial charge in [0.05, 0.1) is 27.7 Å². The molecule has 0 bridgehead atoms. The molecule has 0 aromatic heterocycles. The van der Waals surface area contributed by atoms with Crippen LogP contribution in [0.3, 0.4) is 0 Å². The second-order valence-electron chi connectivity index (χ2n) is 11.1. The van der Waals surface area contributed by atoms with Gasteiger partial charge in [-0.05, 0) is 36.1 Å². The number of benzene rings is 2. The van der Waals surface area contributed by atoms with E-state index in [9.17, 15) is 9.90 Å². The lowest BCUT2D eigenvalue weighted by molar-refractivity contribution is -0.969. The van der Waals surface area contributed by atoms with Crippen molar-refractivity contribution in [2.45, 2.75) is 56.3 Å². The van der Waals surface area contributed by atoms with E-state index in [4.69, 9.17) is 9.47 Å². The minimum atomic E-state index is -1.45. The number of quaternary nitrogens is 1. The van der Waals surface area contributed by atoms with Crippen molar-refractivity contribution >= 4 is 5.91 Å². The average molecular weight is 496 g/mol. The maximum absolute atomic E-state index is 13.9. The highest BCUT2D eigenvalue weighted by Crippen LogP contribution is 2.43. The Kier molecular flexibility index (Phi) is 8.08. The van der Waals surface area contributed by atoms with E-state index in [2.05, 4.69) is 26.2 Å². The summed E-state index contributed by atoms with van der Waals surface area (Å²) in [5, 5.41) is 12.0. The normalized spacial score (nSPS) is 20.2. The molecule has 1 N–H and O–H groups in total. The zero-order valence-electron chi connectivity index (χ0n) is 22.4. The summed E-state index contributed by atoms with van der Waals surface area (Å²) in [7, 11) is 7.93. The van der Waals surface area contributed by atoms with E-state index in [1.54, 1.807) is 14.2 Å². The lowest BCUT2D eigenvalue weighted by Crippen LogP contribution is -2.66. The first-order valence-corrected chi connectivity index (χ1v) is 13.3. The highest BCUT2D eigenvalue weighted by molar-refractivity contribution is 5.87. The summed E-state index contributed by atoms with van der Waals surface area (Å²) in [5.41, 5.74) is 0.164. The molecule has 1 aliphatic carbocycles. The summed E-state index contributed by atoms with van der Waals surface area (Å²) < 4.78 is 12.2. The molecule has 2 aromatic rings. The molecule has 2 fully saturated rings. The molecule has 1 unspecified atom stereocenters. The van der Waals surface area contributed by atoms with Crippen molar-refractivity contribution in [1.29, 1.82) is 0 Å². The molecule has 1 saturated carbocycles. The monoisotopic (exact) mass is 495 g/mol. The molecule has 6 heteroatoms. The van der Waals surface area contributed by atoms with E-state index in [1.807, 2.05) is 47.4 Å². The number of rotatable bonds is 9. The first-order chi connectivity index (χ1) is 17.3. The van der Waals surface area contributed by atoms with Gasteiger partial charge in [-0.3, -0.25) is 4.79 Å². The van der Waals surface area contributed by atoms with Gasteiger partial charge in [-0.2, -0.15) is 0 Å². The first-order valence-electron chi connectivity index (χ1n) is 13.3. The number of piperidine rings is 1. The number of carbonyl (C=O) groups excluding carboxylic acids is 1. The second kappa shape index (κ2) is 10.9. The summed E-state index contributed by atoms with van der Waals surface area (Å²) in [6.07, 6.45) is 6.32. The van der Waals surface area contributed by atoms with Crippen LogP contribution in [-0.4, -0.2) is 74.1 Å². The largest absolute Gasteiger partial charge is 0.497 e. The first kappa shape index (κ1) is 26.6. The topological polar surface area (TPSA) is 59.0 Å². The zero-order valence-corrected chi connectivity index (χ0v) is 22.4. The van der Waals surface area contributed by atoms with E-state index >= 15 is 0 Å². The van der Waals surface area contributed by atoms with Crippen molar-refractivity contribution in [2.24, 2.45) is 5.92 Å². The summed E-state index contributed by atoms with van der Waals surface area (Å²) >= 11 is 0. The molecule has 4 rings (SSSR count). The van der Waals surface area contributed by atoms with Crippen LogP contribution in [0.1, 0.15) is 49.7 Å². The zero-order chi connectivity index (χ0) is 25.8. The Morgan fingerprint density at radius 2 is 1.64 bits per heavy atom. The Bertz CT molecular complexity index is 993. The van der Waals surface area contributed by atoms with Gasteiger partial charge >= 0.3 is 0 Å². The fraction of sp³-hybridized carbons (Fsp3) is 0.567. The molecule has 0 spiro atoms. The lowest BCUT2D eigenvalue weighted by Gasteiger charge is -2.51. The van der Waals surface area contributed by atoms with Crippen molar-refractivity contribution in [3.63, 3.8) is 0 Å². The van der Waals surface area contributed by atoms with Gasteiger partial charge in [-0.25, -0.2) is 0 Å². The second-order valence-corrected chi connectivity index (χ2v) is 11.1. The van der Waals surface area contributed by atoms with Crippen LogP contribution >= 0.6 is 0 Å². The number of hydrogen-bond acceptors (Lipinski definition) is 4. The number of aliphatic hydroxyl groups is 1. The van der Waals surface area contributed by atoms with Crippen LogP contribution in [0.25, 0.3) is 0 Å². The summed E-state index contributed by atoms with van der Waals surface area (Å²) in [5.74, 6) is 0.693. The van der Waals surface area contributed by atoms with E-state index in [1.165, 1.54) is 5.56 Å². The van der Waals surface area contributed by atoms with Crippen LogP contribution in [0.2, 0.25) is 0 Å². The van der Waals surface area contributed by atoms with Crippen molar-refractivity contribution in [3.05, 3.63) is 65.7 Å². The van der Waals surface area contributed by atoms with Gasteiger partial charge in [0.15, 0.2) is 5.60 Å². The lowest BCUT2D eigenvalue weighted by atomic mass is 9.78. The number of carbonyl (C=O) groups is 1. The Hall–Kier alpha value is -2.41. The van der Waals surface area contributed by atoms with Crippen LogP contribution in [0.4, 0.5) is 0 Å². The number of likely N-dealkylation sites (tertiary alicyclic amines) is 1. The smallest absolute Gasteiger partial charge is 0.259 e. The Balaban J connectivity index is 1.46. The van der Waals surface area contributed by atoms with Crippen molar-refractivity contribution in [3.8, 4) is 5.75 Å². The molecule has 2 aliphatic rings. The molecule has 0 radical (unpaired) electrons. The van der Waals surface area contributed by atoms with Gasteiger partial charge in [0, 0.05) is 45.4 Å². The highest BCUT2D eigenvalue weighted by Gasteiger charge is 2.53. The number of methoxy groups -OCH3 is 2. The van der Waals surface area contributed by atoms with Crippen molar-refractivity contribution in [2.75, 3.05) is 47.9 Å². The number of nitrogens with zero attached hydrogens (tertiary/aromatic N) is 2. The average Bonchev–Trinajstić information content (AvgIpc) is 3.47. The highest BCUT2D eigenvalue weighted by atomic mass is 16.5. The number of hydrogen-bond donors (Lipinski definition) is 1. The van der Waals surface area contributed by atoms with E-state index in [0.29, 0.717) is 17.6 Å². The van der Waals surface area contributed by atoms with Crippen LogP contribution < -0.4 is 4.74 Å². The predicted molar refractivity (Wildman–Crippen MR) is 142 cm³/mol. The fourth-order valence-corrected chi connectivity index (χ4v) is 6.33. The van der Waals surface area contributed by atoms with Crippen molar-refractivity contribution in [1.82, 2.24) is 4.90 Å². The molecule has 6 nitrogen and oxygen atoms in total. The maximum atomic E-state index is 13.9. The third kappa shape index (κ3) is 5.04. The molecule has 1 atom stereocenters. The standard InChI is InChI=1S/C30H43N2O4/c1-32(2,23-18-24-14-16-27(35-3)17-15-24)29(36-4)19-21-31(22-20-29)28(33)30(34,26-12-8-9-13-26)25-10-6-5-7-11-25/h5-7,10-11,14-17,26,34H,8-9,12-13,18-23H2,1-4H3/q+1. The summed E-state index contributed by atoms with van der Waals surface area (Å²) in [6, 6.07) is 17.8. The Morgan fingerprint density at radius 3 is 2.19 bits per heavy atom. The molecule has 36 heavy (non-hydrogen) atoms. The molecular weight excluding hydrogens is 452 g/mol. The van der Waals surface area contributed by atoms with Crippen LogP contribution in [0.5, 0.6) is 5.75 Å². The Labute approximate surface area is 216 Å². The number of ether oxygens (including phenoxy) is 2. The van der Waals surface area contributed by atoms with Crippen LogP contribution in [0.15, 0.2) is 54.6 Å². The summed E-state index contributed by atoms with van der Waals surface area (Å²) in [6.45, 7) is 2.08. The third-order valence-corrected chi connectivity index (χ3v) is 8.92. The predicted octanol–water partition coefficient (Wildman–Crippen LogP) is 4.36. The van der Waals surface area contributed by atoms with E-state index < -0.39 is 5.60 Å². The Morgan fingerprint density at radius 1 is 1.03 bits per heavy atom. The number of likely N-dealkylation sites (N-methyl/N-ethyl adjacent to an activating group) is 1. The quantitative estimate of drug-likeness (QED) is 0.415. The molecule has 1 aliphatic heterocycles. The molecule has 1 saturated heterocycles. The van der Waals surface area contributed by atoms with Crippen molar-refractivity contribution < 1.29 is 23.9 Å². The molecule has 196 valence electrons. The molecular formula is C30H43N2O4+. The number of amides is 1. The van der Waals surface area contributed by atoms with Gasteiger partial charge in [-0.1, -0.05) is 55.3 Å². The van der Waals surface area contributed by atoms with Crippen LogP contribution in [0, 0.1) is 5.92 Å². The minimum Gasteiger partial charge on any atom is -0.497 e. The SMILES string of the molecule is COc1ccc(CC[N+](C)(C)C2(OC)CCN(C(=O)C(O)(c3ccccc3)C3CCCC3)CC2)cc1.